The van der Waals surface area contributed by atoms with E-state index in [4.69, 9.17) is 27.8 Å². The van der Waals surface area contributed by atoms with Crippen LogP contribution in [0.5, 0.6) is 0 Å². The maximum atomic E-state index is 11.9. The number of hydrogen-bond acceptors (Lipinski definition) is 5. The van der Waals surface area contributed by atoms with E-state index in [1.165, 1.54) is 13.2 Å². The number of ether oxygens (including phenoxy) is 1. The number of hydrogen-bond donors (Lipinski definition) is 2. The van der Waals surface area contributed by atoms with E-state index in [1.54, 1.807) is 11.0 Å². The lowest BCUT2D eigenvalue weighted by Gasteiger charge is -2.27. The van der Waals surface area contributed by atoms with Crippen molar-refractivity contribution >= 4 is 34.9 Å². The normalized spacial score (nSPS) is 18.1. The Bertz CT molecular complexity index is 562. The van der Waals surface area contributed by atoms with Crippen LogP contribution in [0.3, 0.4) is 0 Å². The molecular formula is C13H16ClN3O3. The van der Waals surface area contributed by atoms with Gasteiger partial charge in [0.05, 0.1) is 23.4 Å². The van der Waals surface area contributed by atoms with Crippen LogP contribution in [0.2, 0.25) is 5.02 Å². The summed E-state index contributed by atoms with van der Waals surface area (Å²) < 4.78 is 4.75. The molecule has 0 radical (unpaired) electrons. The van der Waals surface area contributed by atoms with Crippen molar-refractivity contribution in [2.45, 2.75) is 18.9 Å². The van der Waals surface area contributed by atoms with Gasteiger partial charge in [-0.1, -0.05) is 11.6 Å². The molecule has 0 bridgehead atoms. The lowest BCUT2D eigenvalue weighted by Crippen LogP contribution is -2.41. The number of carbonyl (C=O) groups excluding carboxylic acids is 2. The van der Waals surface area contributed by atoms with Crippen LogP contribution >= 0.6 is 11.6 Å². The Morgan fingerprint density at radius 1 is 1.45 bits per heavy atom. The van der Waals surface area contributed by atoms with Crippen LogP contribution < -0.4 is 16.4 Å². The van der Waals surface area contributed by atoms with Crippen LogP contribution in [0.25, 0.3) is 0 Å². The maximum absolute atomic E-state index is 11.9. The Labute approximate surface area is 121 Å². The molecule has 1 aromatic rings. The Balaban J connectivity index is 2.55. The standard InChI is InChI=1S/C13H16ClN3O3/c1-20-13(19)8-5-7(15)6-9(14)11(8)17-4-2-3-10(17)12(16)18/h5-6,10H,2-4,15H2,1H3,(H2,16,18). The van der Waals surface area contributed by atoms with E-state index in [1.807, 2.05) is 0 Å². The van der Waals surface area contributed by atoms with Crippen molar-refractivity contribution in [3.8, 4) is 0 Å². The van der Waals surface area contributed by atoms with Crippen molar-refractivity contribution in [1.82, 2.24) is 0 Å². The molecule has 4 N–H and O–H groups in total. The first kappa shape index (κ1) is 14.5. The maximum Gasteiger partial charge on any atom is 0.340 e. The number of rotatable bonds is 3. The molecule has 1 aliphatic rings. The van der Waals surface area contributed by atoms with Gasteiger partial charge in [-0.05, 0) is 25.0 Å². The van der Waals surface area contributed by atoms with Gasteiger partial charge in [0.1, 0.15) is 6.04 Å². The van der Waals surface area contributed by atoms with Gasteiger partial charge in [0, 0.05) is 12.2 Å². The van der Waals surface area contributed by atoms with Crippen LogP contribution in [-0.2, 0) is 9.53 Å². The highest BCUT2D eigenvalue weighted by atomic mass is 35.5. The highest BCUT2D eigenvalue weighted by Gasteiger charge is 2.33. The van der Waals surface area contributed by atoms with Crippen LogP contribution in [0.15, 0.2) is 12.1 Å². The predicted octanol–water partition coefficient (Wildman–Crippen LogP) is 1.16. The first-order chi connectivity index (χ1) is 9.45. The van der Waals surface area contributed by atoms with E-state index < -0.39 is 17.9 Å². The summed E-state index contributed by atoms with van der Waals surface area (Å²) in [6.45, 7) is 0.598. The van der Waals surface area contributed by atoms with Crippen molar-refractivity contribution in [1.29, 1.82) is 0 Å². The molecule has 7 heteroatoms. The summed E-state index contributed by atoms with van der Waals surface area (Å²) in [5, 5.41) is 0.304. The van der Waals surface area contributed by atoms with Crippen molar-refractivity contribution in [3.05, 3.63) is 22.7 Å². The van der Waals surface area contributed by atoms with Crippen LogP contribution in [0.4, 0.5) is 11.4 Å². The molecule has 1 amide bonds. The number of primary amides is 1. The smallest absolute Gasteiger partial charge is 0.340 e. The number of carbonyl (C=O) groups is 2. The van der Waals surface area contributed by atoms with Gasteiger partial charge >= 0.3 is 5.97 Å². The molecule has 1 aliphatic heterocycles. The third kappa shape index (κ3) is 2.51. The molecule has 0 aliphatic carbocycles. The van der Waals surface area contributed by atoms with Crippen LogP contribution in [0, 0.1) is 0 Å². The quantitative estimate of drug-likeness (QED) is 0.644. The van der Waals surface area contributed by atoms with Gasteiger partial charge in [0.15, 0.2) is 0 Å². The van der Waals surface area contributed by atoms with E-state index in [-0.39, 0.29) is 5.56 Å². The Morgan fingerprint density at radius 3 is 2.75 bits per heavy atom. The van der Waals surface area contributed by atoms with Gasteiger partial charge in [-0.25, -0.2) is 4.79 Å². The first-order valence-electron chi connectivity index (χ1n) is 6.19. The fourth-order valence-electron chi connectivity index (χ4n) is 2.51. The molecule has 108 valence electrons. The van der Waals surface area contributed by atoms with Gasteiger partial charge in [0.25, 0.3) is 0 Å². The summed E-state index contributed by atoms with van der Waals surface area (Å²) in [6, 6.07) is 2.56. The van der Waals surface area contributed by atoms with E-state index in [0.29, 0.717) is 29.4 Å². The molecule has 1 saturated heterocycles. The monoisotopic (exact) mass is 297 g/mol. The molecule has 20 heavy (non-hydrogen) atoms. The van der Waals surface area contributed by atoms with Crippen molar-refractivity contribution < 1.29 is 14.3 Å². The van der Waals surface area contributed by atoms with E-state index in [9.17, 15) is 9.59 Å². The molecule has 6 nitrogen and oxygen atoms in total. The highest BCUT2D eigenvalue weighted by molar-refractivity contribution is 6.34. The molecule has 1 aromatic carbocycles. The Kier molecular flexibility index (Phi) is 4.04. The minimum absolute atomic E-state index is 0.241. The predicted molar refractivity (Wildman–Crippen MR) is 76.8 cm³/mol. The first-order valence-corrected chi connectivity index (χ1v) is 6.56. The summed E-state index contributed by atoms with van der Waals surface area (Å²) in [7, 11) is 1.28. The summed E-state index contributed by atoms with van der Waals surface area (Å²) >= 11 is 6.20. The second kappa shape index (κ2) is 5.58. The number of benzene rings is 1. The number of anilines is 2. The number of nitrogen functional groups attached to an aromatic ring is 1. The molecule has 1 fully saturated rings. The zero-order valence-electron chi connectivity index (χ0n) is 11.1. The average molecular weight is 298 g/mol. The summed E-state index contributed by atoms with van der Waals surface area (Å²) in [6.07, 6.45) is 1.44. The molecule has 1 atom stereocenters. The third-order valence-corrected chi connectivity index (χ3v) is 3.65. The molecule has 0 spiro atoms. The van der Waals surface area contributed by atoms with E-state index in [2.05, 4.69) is 0 Å². The average Bonchev–Trinajstić information content (AvgIpc) is 2.85. The van der Waals surface area contributed by atoms with Crippen molar-refractivity contribution in [2.24, 2.45) is 5.73 Å². The number of esters is 1. The van der Waals surface area contributed by atoms with Gasteiger partial charge in [0.2, 0.25) is 5.91 Å². The van der Waals surface area contributed by atoms with Crippen molar-refractivity contribution in [2.75, 3.05) is 24.3 Å². The summed E-state index contributed by atoms with van der Waals surface area (Å²) in [5.41, 5.74) is 12.2. The minimum Gasteiger partial charge on any atom is -0.465 e. The number of nitrogens with zero attached hydrogens (tertiary/aromatic N) is 1. The second-order valence-corrected chi connectivity index (χ2v) is 5.05. The minimum atomic E-state index is -0.552. The molecule has 0 saturated carbocycles. The van der Waals surface area contributed by atoms with Gasteiger partial charge in [-0.15, -0.1) is 0 Å². The zero-order chi connectivity index (χ0) is 14.9. The second-order valence-electron chi connectivity index (χ2n) is 4.64. The number of amides is 1. The van der Waals surface area contributed by atoms with Gasteiger partial charge in [-0.2, -0.15) is 0 Å². The third-order valence-electron chi connectivity index (χ3n) is 3.36. The zero-order valence-corrected chi connectivity index (χ0v) is 11.8. The van der Waals surface area contributed by atoms with Gasteiger partial charge < -0.3 is 21.1 Å². The fourth-order valence-corrected chi connectivity index (χ4v) is 2.84. The molecule has 1 heterocycles. The number of methoxy groups -OCH3 is 1. The topological polar surface area (TPSA) is 98.7 Å². The van der Waals surface area contributed by atoms with Crippen LogP contribution in [0.1, 0.15) is 23.2 Å². The summed E-state index contributed by atoms with van der Waals surface area (Å²) in [5.74, 6) is -0.990. The van der Waals surface area contributed by atoms with Crippen molar-refractivity contribution in [3.63, 3.8) is 0 Å². The Morgan fingerprint density at radius 2 is 2.15 bits per heavy atom. The molecule has 2 rings (SSSR count). The fraction of sp³-hybridized carbons (Fsp3) is 0.385. The highest BCUT2D eigenvalue weighted by Crippen LogP contribution is 2.37. The molecule has 1 unspecified atom stereocenters. The number of nitrogens with two attached hydrogens (primary N) is 2. The van der Waals surface area contributed by atoms with Crippen LogP contribution in [-0.4, -0.2) is 31.6 Å². The SMILES string of the molecule is COC(=O)c1cc(N)cc(Cl)c1N1CCCC1C(N)=O. The summed E-state index contributed by atoms with van der Waals surface area (Å²) in [4.78, 5) is 25.1. The Hall–Kier alpha value is -1.95. The van der Waals surface area contributed by atoms with E-state index in [0.717, 1.165) is 6.42 Å². The lowest BCUT2D eigenvalue weighted by molar-refractivity contribution is -0.119. The van der Waals surface area contributed by atoms with Gasteiger partial charge in [-0.3, -0.25) is 4.79 Å². The molecule has 0 aromatic heterocycles. The number of halogens is 1. The lowest BCUT2D eigenvalue weighted by atomic mass is 10.1. The largest absolute Gasteiger partial charge is 0.465 e. The van der Waals surface area contributed by atoms with E-state index >= 15 is 0 Å². The molecular weight excluding hydrogens is 282 g/mol.